The van der Waals surface area contributed by atoms with E-state index in [2.05, 4.69) is 0 Å². The first-order chi connectivity index (χ1) is 9.10. The number of aliphatic carboxylic acids is 1. The van der Waals surface area contributed by atoms with Gasteiger partial charge in [-0.05, 0) is 24.5 Å². The van der Waals surface area contributed by atoms with Crippen LogP contribution < -0.4 is 4.74 Å². The summed E-state index contributed by atoms with van der Waals surface area (Å²) in [5, 5.41) is 18.7. The number of rotatable bonds is 6. The van der Waals surface area contributed by atoms with Crippen LogP contribution in [0.4, 0.5) is 0 Å². The van der Waals surface area contributed by atoms with E-state index in [9.17, 15) is 9.90 Å². The zero-order valence-corrected chi connectivity index (χ0v) is 11.1. The number of hydrogen-bond acceptors (Lipinski definition) is 3. The average Bonchev–Trinajstić information content (AvgIpc) is 2.71. The third kappa shape index (κ3) is 3.47. The Hall–Kier alpha value is -1.55. The summed E-state index contributed by atoms with van der Waals surface area (Å²) in [6.45, 7) is 2.62. The van der Waals surface area contributed by atoms with E-state index in [4.69, 9.17) is 9.84 Å². The van der Waals surface area contributed by atoms with Gasteiger partial charge in [0.1, 0.15) is 5.75 Å². The number of aliphatic hydroxyl groups is 1. The van der Waals surface area contributed by atoms with E-state index < -0.39 is 5.97 Å². The summed E-state index contributed by atoms with van der Waals surface area (Å²) in [6.07, 6.45) is 2.14. The molecule has 19 heavy (non-hydrogen) atoms. The van der Waals surface area contributed by atoms with Gasteiger partial charge in [-0.2, -0.15) is 0 Å². The standard InChI is InChI=1S/C15H20O4/c1-2-3-12(16)8-11-9-19-14-5-4-10(6-13(11)14)7-15(17)18/h4-6,11-12,16H,2-3,7-9H2,1H3,(H,17,18)/t11?,12-/m1/s1. The van der Waals surface area contributed by atoms with Gasteiger partial charge >= 0.3 is 5.97 Å². The maximum atomic E-state index is 10.7. The van der Waals surface area contributed by atoms with Gasteiger partial charge in [0.15, 0.2) is 0 Å². The first-order valence-electron chi connectivity index (χ1n) is 6.75. The van der Waals surface area contributed by atoms with Crippen LogP contribution in [0.3, 0.4) is 0 Å². The lowest BCUT2D eigenvalue weighted by Gasteiger charge is -2.14. The molecular formula is C15H20O4. The van der Waals surface area contributed by atoms with Gasteiger partial charge in [0.25, 0.3) is 0 Å². The number of fused-ring (bicyclic) bond motifs is 1. The highest BCUT2D eigenvalue weighted by molar-refractivity contribution is 5.70. The minimum Gasteiger partial charge on any atom is -0.493 e. The molecule has 0 spiro atoms. The molecule has 0 fully saturated rings. The van der Waals surface area contributed by atoms with Crippen molar-refractivity contribution in [1.29, 1.82) is 0 Å². The maximum absolute atomic E-state index is 10.7. The summed E-state index contributed by atoms with van der Waals surface area (Å²) in [4.78, 5) is 10.7. The topological polar surface area (TPSA) is 66.8 Å². The predicted octanol–water partition coefficient (Wildman–Crippen LogP) is 2.34. The van der Waals surface area contributed by atoms with Crippen molar-refractivity contribution in [3.8, 4) is 5.75 Å². The summed E-state index contributed by atoms with van der Waals surface area (Å²) >= 11 is 0. The fourth-order valence-corrected chi connectivity index (χ4v) is 2.59. The molecule has 1 heterocycles. The minimum absolute atomic E-state index is 0.0253. The van der Waals surface area contributed by atoms with Crippen molar-refractivity contribution in [1.82, 2.24) is 0 Å². The van der Waals surface area contributed by atoms with Crippen molar-refractivity contribution in [2.75, 3.05) is 6.61 Å². The van der Waals surface area contributed by atoms with Gasteiger partial charge in [0.05, 0.1) is 19.1 Å². The lowest BCUT2D eigenvalue weighted by Crippen LogP contribution is -2.13. The van der Waals surface area contributed by atoms with Crippen LogP contribution in [0, 0.1) is 0 Å². The maximum Gasteiger partial charge on any atom is 0.307 e. The molecule has 0 aliphatic carbocycles. The Morgan fingerprint density at radius 2 is 2.32 bits per heavy atom. The molecule has 104 valence electrons. The quantitative estimate of drug-likeness (QED) is 0.827. The van der Waals surface area contributed by atoms with E-state index in [1.54, 1.807) is 6.07 Å². The fourth-order valence-electron chi connectivity index (χ4n) is 2.59. The van der Waals surface area contributed by atoms with Crippen LogP contribution >= 0.6 is 0 Å². The van der Waals surface area contributed by atoms with Crippen LogP contribution in [0.2, 0.25) is 0 Å². The number of aliphatic hydroxyl groups excluding tert-OH is 1. The highest BCUT2D eigenvalue weighted by Crippen LogP contribution is 2.37. The smallest absolute Gasteiger partial charge is 0.307 e. The molecular weight excluding hydrogens is 244 g/mol. The summed E-state index contributed by atoms with van der Waals surface area (Å²) in [6, 6.07) is 5.53. The van der Waals surface area contributed by atoms with Crippen LogP contribution in [-0.2, 0) is 11.2 Å². The largest absolute Gasteiger partial charge is 0.493 e. The molecule has 1 aromatic rings. The van der Waals surface area contributed by atoms with Gasteiger partial charge in [-0.15, -0.1) is 0 Å². The molecule has 1 unspecified atom stereocenters. The van der Waals surface area contributed by atoms with Crippen LogP contribution in [0.1, 0.15) is 43.2 Å². The molecule has 0 saturated carbocycles. The van der Waals surface area contributed by atoms with E-state index in [-0.39, 0.29) is 18.4 Å². The van der Waals surface area contributed by atoms with Gasteiger partial charge in [-0.1, -0.05) is 25.5 Å². The van der Waals surface area contributed by atoms with E-state index in [1.165, 1.54) is 0 Å². The molecule has 4 nitrogen and oxygen atoms in total. The number of benzene rings is 1. The molecule has 0 radical (unpaired) electrons. The van der Waals surface area contributed by atoms with Gasteiger partial charge in [-0.3, -0.25) is 4.79 Å². The molecule has 4 heteroatoms. The lowest BCUT2D eigenvalue weighted by atomic mass is 9.92. The molecule has 0 saturated heterocycles. The van der Waals surface area contributed by atoms with Crippen molar-refractivity contribution in [2.24, 2.45) is 0 Å². The Morgan fingerprint density at radius 3 is 3.00 bits per heavy atom. The highest BCUT2D eigenvalue weighted by atomic mass is 16.5. The first kappa shape index (κ1) is 13.9. The second kappa shape index (κ2) is 6.06. The zero-order valence-electron chi connectivity index (χ0n) is 11.1. The predicted molar refractivity (Wildman–Crippen MR) is 71.5 cm³/mol. The molecule has 0 amide bonds. The molecule has 2 N–H and O–H groups in total. The van der Waals surface area contributed by atoms with Gasteiger partial charge in [-0.25, -0.2) is 0 Å². The van der Waals surface area contributed by atoms with Crippen molar-refractivity contribution in [2.45, 2.75) is 44.6 Å². The normalized spacial score (nSPS) is 18.7. The minimum atomic E-state index is -0.832. The Labute approximate surface area is 113 Å². The Balaban J connectivity index is 2.10. The number of hydrogen-bond donors (Lipinski definition) is 2. The number of carbonyl (C=O) groups is 1. The summed E-state index contributed by atoms with van der Waals surface area (Å²) in [7, 11) is 0. The van der Waals surface area contributed by atoms with Crippen LogP contribution in [0.25, 0.3) is 0 Å². The first-order valence-corrected chi connectivity index (χ1v) is 6.75. The number of carboxylic acids is 1. The van der Waals surface area contributed by atoms with Gasteiger partial charge in [0.2, 0.25) is 0 Å². The van der Waals surface area contributed by atoms with E-state index in [1.807, 2.05) is 19.1 Å². The van der Waals surface area contributed by atoms with E-state index in [0.717, 1.165) is 29.7 Å². The molecule has 1 aromatic carbocycles. The van der Waals surface area contributed by atoms with Crippen LogP contribution in [0.15, 0.2) is 18.2 Å². The Kier molecular flexibility index (Phi) is 4.43. The third-order valence-corrected chi connectivity index (χ3v) is 3.49. The summed E-state index contributed by atoms with van der Waals surface area (Å²) in [5.74, 6) is 0.162. The van der Waals surface area contributed by atoms with Gasteiger partial charge in [0, 0.05) is 11.5 Å². The summed E-state index contributed by atoms with van der Waals surface area (Å²) < 4.78 is 5.59. The van der Waals surface area contributed by atoms with E-state index >= 15 is 0 Å². The second-order valence-corrected chi connectivity index (χ2v) is 5.13. The fraction of sp³-hybridized carbons (Fsp3) is 0.533. The van der Waals surface area contributed by atoms with Crippen molar-refractivity contribution in [3.63, 3.8) is 0 Å². The average molecular weight is 264 g/mol. The second-order valence-electron chi connectivity index (χ2n) is 5.13. The monoisotopic (exact) mass is 264 g/mol. The Morgan fingerprint density at radius 1 is 1.53 bits per heavy atom. The Bertz CT molecular complexity index is 455. The van der Waals surface area contributed by atoms with E-state index in [0.29, 0.717) is 13.0 Å². The summed E-state index contributed by atoms with van der Waals surface area (Å²) in [5.41, 5.74) is 1.82. The zero-order chi connectivity index (χ0) is 13.8. The molecule has 1 aliphatic heterocycles. The highest BCUT2D eigenvalue weighted by Gasteiger charge is 2.26. The van der Waals surface area contributed by atoms with Crippen LogP contribution in [-0.4, -0.2) is 28.9 Å². The van der Waals surface area contributed by atoms with Crippen molar-refractivity contribution < 1.29 is 19.7 Å². The molecule has 1 aliphatic rings. The van der Waals surface area contributed by atoms with Gasteiger partial charge < -0.3 is 14.9 Å². The van der Waals surface area contributed by atoms with Crippen molar-refractivity contribution in [3.05, 3.63) is 29.3 Å². The number of ether oxygens (including phenoxy) is 1. The molecule has 0 aromatic heterocycles. The SMILES string of the molecule is CCC[C@@H](O)CC1COc2ccc(CC(=O)O)cc21. The van der Waals surface area contributed by atoms with Crippen molar-refractivity contribution >= 4 is 5.97 Å². The third-order valence-electron chi connectivity index (χ3n) is 3.49. The molecule has 2 rings (SSSR count). The van der Waals surface area contributed by atoms with Crippen LogP contribution in [0.5, 0.6) is 5.75 Å². The molecule has 2 atom stereocenters. The molecule has 0 bridgehead atoms. The lowest BCUT2D eigenvalue weighted by molar-refractivity contribution is -0.136. The number of carboxylic acid groups (broad SMARTS) is 1.